The quantitative estimate of drug-likeness (QED) is 0.500. The van der Waals surface area contributed by atoms with Gasteiger partial charge in [0.25, 0.3) is 5.91 Å². The van der Waals surface area contributed by atoms with E-state index in [0.717, 1.165) is 23.0 Å². The van der Waals surface area contributed by atoms with Gasteiger partial charge in [0, 0.05) is 22.6 Å². The zero-order valence-electron chi connectivity index (χ0n) is 12.1. The Hall–Kier alpha value is -0.910. The van der Waals surface area contributed by atoms with E-state index in [9.17, 15) is 4.79 Å². The number of nitrogens with two attached hydrogens (primary N) is 1. The Morgan fingerprint density at radius 3 is 2.90 bits per heavy atom. The van der Waals surface area contributed by atoms with Gasteiger partial charge in [-0.05, 0) is 49.4 Å². The monoisotopic (exact) mass is 351 g/mol. The van der Waals surface area contributed by atoms with E-state index < -0.39 is 0 Å². The topological polar surface area (TPSA) is 58.4 Å². The van der Waals surface area contributed by atoms with E-state index >= 15 is 0 Å². The fourth-order valence-corrected chi connectivity index (χ4v) is 4.32. The number of hydrazine groups is 1. The van der Waals surface area contributed by atoms with Gasteiger partial charge in [-0.15, -0.1) is 0 Å². The van der Waals surface area contributed by atoms with E-state index in [-0.39, 0.29) is 5.91 Å². The van der Waals surface area contributed by atoms with Crippen molar-refractivity contribution < 1.29 is 4.79 Å². The smallest absolute Gasteiger partial charge is 0.265 e. The van der Waals surface area contributed by atoms with Gasteiger partial charge in [0.15, 0.2) is 0 Å². The van der Waals surface area contributed by atoms with Crippen molar-refractivity contribution in [2.24, 2.45) is 11.8 Å². The number of nitrogen functional groups attached to an aromatic ring is 1. The molecule has 2 unspecified atom stereocenters. The van der Waals surface area contributed by atoms with Crippen LogP contribution in [0.4, 0.5) is 0 Å². The number of fused-ring (bicyclic) bond motifs is 1. The van der Waals surface area contributed by atoms with Crippen LogP contribution in [0.5, 0.6) is 0 Å². The average Bonchev–Trinajstić information content (AvgIpc) is 2.92. The largest absolute Gasteiger partial charge is 0.296 e. The van der Waals surface area contributed by atoms with Gasteiger partial charge in [-0.1, -0.05) is 34.8 Å². The second-order valence-corrected chi connectivity index (χ2v) is 7.01. The maximum Gasteiger partial charge on any atom is 0.265 e. The zero-order chi connectivity index (χ0) is 14.8. The molecule has 1 saturated heterocycles. The molecular weight excluding hydrogens is 330 g/mol. The SMILES string of the molecule is NNC(=O)c1ccc(CN2CCC3CCCCC32)c(Br)c1. The third-order valence-electron chi connectivity index (χ3n) is 4.94. The summed E-state index contributed by atoms with van der Waals surface area (Å²) in [5.74, 6) is 5.82. The fraction of sp³-hybridized carbons (Fsp3) is 0.562. The van der Waals surface area contributed by atoms with E-state index in [1.165, 1.54) is 44.2 Å². The van der Waals surface area contributed by atoms with Crippen LogP contribution in [0.1, 0.15) is 48.0 Å². The lowest BCUT2D eigenvalue weighted by molar-refractivity contribution is 0.0953. The van der Waals surface area contributed by atoms with Gasteiger partial charge < -0.3 is 0 Å². The first-order valence-electron chi connectivity index (χ1n) is 7.72. The highest BCUT2D eigenvalue weighted by atomic mass is 79.9. The lowest BCUT2D eigenvalue weighted by Gasteiger charge is -2.32. The van der Waals surface area contributed by atoms with Crippen LogP contribution >= 0.6 is 15.9 Å². The van der Waals surface area contributed by atoms with Gasteiger partial charge in [0.05, 0.1) is 0 Å². The number of halogens is 1. The van der Waals surface area contributed by atoms with Crippen LogP contribution < -0.4 is 11.3 Å². The molecule has 3 rings (SSSR count). The highest BCUT2D eigenvalue weighted by Crippen LogP contribution is 2.37. The summed E-state index contributed by atoms with van der Waals surface area (Å²) in [6.07, 6.45) is 6.86. The Morgan fingerprint density at radius 1 is 1.33 bits per heavy atom. The predicted octanol–water partition coefficient (Wildman–Crippen LogP) is 2.82. The van der Waals surface area contributed by atoms with Crippen molar-refractivity contribution in [3.8, 4) is 0 Å². The van der Waals surface area contributed by atoms with Crippen molar-refractivity contribution in [3.63, 3.8) is 0 Å². The van der Waals surface area contributed by atoms with Crippen LogP contribution in [0, 0.1) is 5.92 Å². The number of likely N-dealkylation sites (tertiary alicyclic amines) is 1. The molecule has 1 aliphatic heterocycles. The van der Waals surface area contributed by atoms with Crippen LogP contribution in [0.25, 0.3) is 0 Å². The number of hydrogen-bond donors (Lipinski definition) is 2. The van der Waals surface area contributed by atoms with E-state index in [4.69, 9.17) is 5.84 Å². The summed E-state index contributed by atoms with van der Waals surface area (Å²) < 4.78 is 0.989. The molecule has 0 bridgehead atoms. The molecule has 1 amide bonds. The Kier molecular flexibility index (Phi) is 4.62. The summed E-state index contributed by atoms with van der Waals surface area (Å²) in [5.41, 5.74) is 4.00. The number of nitrogens with one attached hydrogen (secondary N) is 1. The minimum absolute atomic E-state index is 0.254. The average molecular weight is 352 g/mol. The third-order valence-corrected chi connectivity index (χ3v) is 5.68. The highest BCUT2D eigenvalue weighted by molar-refractivity contribution is 9.10. The minimum Gasteiger partial charge on any atom is -0.296 e. The number of carbonyl (C=O) groups excluding carboxylic acids is 1. The van der Waals surface area contributed by atoms with E-state index in [1.54, 1.807) is 0 Å². The summed E-state index contributed by atoms with van der Waals surface area (Å²) in [5, 5.41) is 0. The number of amides is 1. The predicted molar refractivity (Wildman–Crippen MR) is 86.6 cm³/mol. The summed E-state index contributed by atoms with van der Waals surface area (Å²) >= 11 is 3.59. The molecule has 1 aliphatic carbocycles. The first kappa shape index (κ1) is 15.0. The molecule has 0 radical (unpaired) electrons. The van der Waals surface area contributed by atoms with Crippen LogP contribution in [-0.2, 0) is 6.54 Å². The number of carbonyl (C=O) groups is 1. The molecule has 0 aromatic heterocycles. The number of rotatable bonds is 3. The Morgan fingerprint density at radius 2 is 2.14 bits per heavy atom. The lowest BCUT2D eigenvalue weighted by Crippen LogP contribution is -2.34. The van der Waals surface area contributed by atoms with Crippen LogP contribution in [-0.4, -0.2) is 23.4 Å². The third kappa shape index (κ3) is 3.15. The van der Waals surface area contributed by atoms with Crippen LogP contribution in [0.15, 0.2) is 22.7 Å². The molecule has 3 N–H and O–H groups in total. The molecule has 2 aliphatic rings. The molecule has 5 heteroatoms. The Bertz CT molecular complexity index is 534. The molecule has 4 nitrogen and oxygen atoms in total. The number of benzene rings is 1. The van der Waals surface area contributed by atoms with Gasteiger partial charge in [0.1, 0.15) is 0 Å². The summed E-state index contributed by atoms with van der Waals surface area (Å²) in [6, 6.07) is 6.49. The lowest BCUT2D eigenvalue weighted by atomic mass is 9.85. The van der Waals surface area contributed by atoms with Gasteiger partial charge in [-0.3, -0.25) is 15.1 Å². The second kappa shape index (κ2) is 6.46. The minimum atomic E-state index is -0.254. The molecule has 1 heterocycles. The zero-order valence-corrected chi connectivity index (χ0v) is 13.7. The normalized spacial score (nSPS) is 25.6. The molecule has 2 fully saturated rings. The second-order valence-electron chi connectivity index (χ2n) is 6.15. The summed E-state index contributed by atoms with van der Waals surface area (Å²) in [7, 11) is 0. The number of nitrogens with zero attached hydrogens (tertiary/aromatic N) is 1. The molecule has 114 valence electrons. The molecular formula is C16H22BrN3O. The van der Waals surface area contributed by atoms with E-state index in [2.05, 4.69) is 26.3 Å². The summed E-state index contributed by atoms with van der Waals surface area (Å²) in [4.78, 5) is 14.2. The van der Waals surface area contributed by atoms with Crippen LogP contribution in [0.2, 0.25) is 0 Å². The van der Waals surface area contributed by atoms with Crippen molar-refractivity contribution in [2.45, 2.75) is 44.7 Å². The maximum absolute atomic E-state index is 11.5. The molecule has 1 aromatic rings. The number of hydrogen-bond acceptors (Lipinski definition) is 3. The van der Waals surface area contributed by atoms with Crippen LogP contribution in [0.3, 0.4) is 0 Å². The molecule has 2 atom stereocenters. The summed E-state index contributed by atoms with van der Waals surface area (Å²) in [6.45, 7) is 2.17. The molecule has 1 aromatic carbocycles. The van der Waals surface area contributed by atoms with Crippen molar-refractivity contribution in [1.82, 2.24) is 10.3 Å². The van der Waals surface area contributed by atoms with Crippen molar-refractivity contribution in [2.75, 3.05) is 6.54 Å². The first-order chi connectivity index (χ1) is 10.2. The van der Waals surface area contributed by atoms with Crippen molar-refractivity contribution in [3.05, 3.63) is 33.8 Å². The van der Waals surface area contributed by atoms with E-state index in [0.29, 0.717) is 5.56 Å². The Balaban J connectivity index is 1.71. The maximum atomic E-state index is 11.5. The van der Waals surface area contributed by atoms with Gasteiger partial charge in [-0.2, -0.15) is 0 Å². The molecule has 1 saturated carbocycles. The fourth-order valence-electron chi connectivity index (χ4n) is 3.82. The van der Waals surface area contributed by atoms with Crippen molar-refractivity contribution in [1.29, 1.82) is 0 Å². The van der Waals surface area contributed by atoms with Gasteiger partial charge in [-0.25, -0.2) is 5.84 Å². The van der Waals surface area contributed by atoms with Crippen molar-refractivity contribution >= 4 is 21.8 Å². The molecule has 21 heavy (non-hydrogen) atoms. The van der Waals surface area contributed by atoms with E-state index in [1.807, 2.05) is 18.2 Å². The molecule has 0 spiro atoms. The Labute approximate surface area is 134 Å². The van der Waals surface area contributed by atoms with Gasteiger partial charge >= 0.3 is 0 Å². The van der Waals surface area contributed by atoms with Gasteiger partial charge in [0.2, 0.25) is 0 Å². The highest BCUT2D eigenvalue weighted by Gasteiger charge is 2.35. The standard InChI is InChI=1S/C16H22BrN3O/c17-14-9-12(16(21)19-18)5-6-13(14)10-20-8-7-11-3-1-2-4-15(11)20/h5-6,9,11,15H,1-4,7-8,10,18H2,(H,19,21). The first-order valence-corrected chi connectivity index (χ1v) is 8.52.